The second kappa shape index (κ2) is 7.92. The van der Waals surface area contributed by atoms with Crippen molar-refractivity contribution in [3.05, 3.63) is 71.8 Å². The molecule has 1 aromatic carbocycles. The summed E-state index contributed by atoms with van der Waals surface area (Å²) in [5.41, 5.74) is 0.709. The minimum atomic E-state index is -0.411. The summed E-state index contributed by atoms with van der Waals surface area (Å²) in [6.45, 7) is 3.81. The summed E-state index contributed by atoms with van der Waals surface area (Å²) in [5, 5.41) is 0. The number of hydrogen-bond acceptors (Lipinski definition) is 6. The lowest BCUT2D eigenvalue weighted by Gasteiger charge is -2.36. The van der Waals surface area contributed by atoms with Crippen molar-refractivity contribution in [2.24, 2.45) is 0 Å². The smallest absolute Gasteiger partial charge is 0.262 e. The van der Waals surface area contributed by atoms with E-state index in [1.165, 1.54) is 0 Å². The zero-order chi connectivity index (χ0) is 22.2. The Balaban J connectivity index is 1.23. The highest BCUT2D eigenvalue weighted by atomic mass is 16.2. The number of aromatic nitrogens is 3. The Hall–Kier alpha value is -4.01. The van der Waals surface area contributed by atoms with E-state index < -0.39 is 11.8 Å². The number of anilines is 1. The van der Waals surface area contributed by atoms with Crippen LogP contribution in [0.1, 0.15) is 26.5 Å². The van der Waals surface area contributed by atoms with Crippen molar-refractivity contribution < 1.29 is 14.4 Å². The van der Waals surface area contributed by atoms with Crippen LogP contribution in [-0.4, -0.2) is 74.8 Å². The van der Waals surface area contributed by atoms with Gasteiger partial charge in [-0.3, -0.25) is 19.3 Å². The van der Waals surface area contributed by atoms with Gasteiger partial charge in [0.05, 0.1) is 11.1 Å². The minimum Gasteiger partial charge on any atom is -0.353 e. The molecule has 32 heavy (non-hydrogen) atoms. The average Bonchev–Trinajstić information content (AvgIpc) is 3.43. The summed E-state index contributed by atoms with van der Waals surface area (Å²) in [6, 6.07) is 12.5. The number of rotatable bonds is 4. The third-order valence-corrected chi connectivity index (χ3v) is 5.81. The van der Waals surface area contributed by atoms with Gasteiger partial charge in [0.15, 0.2) is 0 Å². The third kappa shape index (κ3) is 3.51. The van der Waals surface area contributed by atoms with Gasteiger partial charge in [-0.25, -0.2) is 9.97 Å². The lowest BCUT2D eigenvalue weighted by Crippen LogP contribution is -2.52. The molecule has 9 heteroatoms. The molecule has 2 aliphatic heterocycles. The second-order valence-corrected chi connectivity index (χ2v) is 7.83. The number of aryl methyl sites for hydroxylation is 1. The molecule has 0 saturated carbocycles. The largest absolute Gasteiger partial charge is 0.353 e. The molecule has 0 unspecified atom stereocenters. The molecule has 0 spiro atoms. The Morgan fingerprint density at radius 2 is 1.47 bits per heavy atom. The Kier molecular flexibility index (Phi) is 4.93. The predicted octanol–water partition coefficient (Wildman–Crippen LogP) is 1.52. The van der Waals surface area contributed by atoms with E-state index in [1.54, 1.807) is 29.2 Å². The van der Waals surface area contributed by atoms with Crippen LogP contribution in [0.15, 0.2) is 54.9 Å². The molecule has 0 N–H and O–H groups in total. The molecule has 0 bridgehead atoms. The van der Waals surface area contributed by atoms with Crippen LogP contribution in [0.3, 0.4) is 0 Å². The van der Waals surface area contributed by atoms with Gasteiger partial charge in [-0.15, -0.1) is 0 Å². The SMILES string of the molecule is Cc1nc(N2CCN(C(=O)CN3C(=O)c4ccccc4C3=O)CC2)cc(-n2cccc2)n1. The molecule has 0 radical (unpaired) electrons. The number of benzene rings is 1. The Bertz CT molecular complexity index is 1160. The highest BCUT2D eigenvalue weighted by Crippen LogP contribution is 2.23. The van der Waals surface area contributed by atoms with Crippen LogP contribution >= 0.6 is 0 Å². The Morgan fingerprint density at radius 3 is 2.09 bits per heavy atom. The molecular formula is C23H22N6O3. The monoisotopic (exact) mass is 430 g/mol. The highest BCUT2D eigenvalue weighted by molar-refractivity contribution is 6.22. The molecule has 1 saturated heterocycles. The average molecular weight is 430 g/mol. The number of nitrogens with zero attached hydrogens (tertiary/aromatic N) is 6. The lowest BCUT2D eigenvalue weighted by molar-refractivity contribution is -0.131. The van der Waals surface area contributed by atoms with Crippen LogP contribution in [0.25, 0.3) is 5.82 Å². The zero-order valence-electron chi connectivity index (χ0n) is 17.6. The van der Waals surface area contributed by atoms with Gasteiger partial charge >= 0.3 is 0 Å². The van der Waals surface area contributed by atoms with Gasteiger partial charge < -0.3 is 14.4 Å². The van der Waals surface area contributed by atoms with Gasteiger partial charge in [-0.1, -0.05) is 12.1 Å². The molecule has 3 amide bonds. The lowest BCUT2D eigenvalue weighted by atomic mass is 10.1. The zero-order valence-corrected chi connectivity index (χ0v) is 17.6. The maximum atomic E-state index is 12.8. The van der Waals surface area contributed by atoms with E-state index >= 15 is 0 Å². The molecule has 162 valence electrons. The third-order valence-electron chi connectivity index (χ3n) is 5.81. The van der Waals surface area contributed by atoms with Gasteiger partial charge in [-0.05, 0) is 31.2 Å². The van der Waals surface area contributed by atoms with E-state index in [9.17, 15) is 14.4 Å². The normalized spacial score (nSPS) is 16.0. The van der Waals surface area contributed by atoms with Crippen molar-refractivity contribution in [2.45, 2.75) is 6.92 Å². The quantitative estimate of drug-likeness (QED) is 0.583. The van der Waals surface area contributed by atoms with Crippen LogP contribution in [0, 0.1) is 6.92 Å². The first kappa shape index (κ1) is 19.9. The molecule has 2 aliphatic rings. The van der Waals surface area contributed by atoms with E-state index in [-0.39, 0.29) is 12.5 Å². The van der Waals surface area contributed by atoms with Crippen molar-refractivity contribution in [3.63, 3.8) is 0 Å². The fourth-order valence-corrected chi connectivity index (χ4v) is 4.12. The first-order valence-corrected chi connectivity index (χ1v) is 10.5. The second-order valence-electron chi connectivity index (χ2n) is 7.83. The molecule has 1 fully saturated rings. The molecule has 0 aliphatic carbocycles. The van der Waals surface area contributed by atoms with Crippen molar-refractivity contribution in [3.8, 4) is 5.82 Å². The molecule has 2 aromatic heterocycles. The summed E-state index contributed by atoms with van der Waals surface area (Å²) in [7, 11) is 0. The van der Waals surface area contributed by atoms with Crippen molar-refractivity contribution >= 4 is 23.5 Å². The summed E-state index contributed by atoms with van der Waals surface area (Å²) in [4.78, 5) is 51.8. The first-order chi connectivity index (χ1) is 15.5. The fraction of sp³-hybridized carbons (Fsp3) is 0.261. The van der Waals surface area contributed by atoms with E-state index in [0.29, 0.717) is 43.1 Å². The van der Waals surface area contributed by atoms with Gasteiger partial charge in [0.2, 0.25) is 5.91 Å². The predicted molar refractivity (Wildman–Crippen MR) is 117 cm³/mol. The highest BCUT2D eigenvalue weighted by Gasteiger charge is 2.37. The van der Waals surface area contributed by atoms with Crippen molar-refractivity contribution in [1.29, 1.82) is 0 Å². The number of amides is 3. The standard InChI is InChI=1S/C23H22N6O3/c1-16-24-19(26-8-4-5-9-26)14-20(25-16)27-10-12-28(13-11-27)21(30)15-29-22(31)17-6-2-3-7-18(17)23(29)32/h2-9,14H,10-13,15H2,1H3. The fourth-order valence-electron chi connectivity index (χ4n) is 4.12. The number of imide groups is 1. The van der Waals surface area contributed by atoms with Crippen molar-refractivity contribution in [2.75, 3.05) is 37.6 Å². The molecule has 0 atom stereocenters. The van der Waals surface area contributed by atoms with Crippen LogP contribution in [-0.2, 0) is 4.79 Å². The van der Waals surface area contributed by atoms with Crippen LogP contribution in [0.4, 0.5) is 5.82 Å². The number of fused-ring (bicyclic) bond motifs is 1. The van der Waals surface area contributed by atoms with Gasteiger partial charge in [0.25, 0.3) is 11.8 Å². The summed E-state index contributed by atoms with van der Waals surface area (Å²) in [5.74, 6) is 1.23. The molecule has 3 aromatic rings. The van der Waals surface area contributed by atoms with E-state index in [1.807, 2.05) is 42.1 Å². The Labute approximate surface area is 184 Å². The van der Waals surface area contributed by atoms with Crippen LogP contribution in [0.5, 0.6) is 0 Å². The maximum Gasteiger partial charge on any atom is 0.262 e. The molecular weight excluding hydrogens is 408 g/mol. The number of piperazine rings is 1. The molecule has 5 rings (SSSR count). The van der Waals surface area contributed by atoms with Crippen LogP contribution in [0.2, 0.25) is 0 Å². The summed E-state index contributed by atoms with van der Waals surface area (Å²) in [6.07, 6.45) is 3.86. The topological polar surface area (TPSA) is 91.6 Å². The maximum absolute atomic E-state index is 12.8. The van der Waals surface area contributed by atoms with Crippen LogP contribution < -0.4 is 4.90 Å². The number of hydrogen-bond donors (Lipinski definition) is 0. The van der Waals surface area contributed by atoms with Gasteiger partial charge in [0, 0.05) is 44.6 Å². The van der Waals surface area contributed by atoms with E-state index in [2.05, 4.69) is 14.9 Å². The molecule has 9 nitrogen and oxygen atoms in total. The first-order valence-electron chi connectivity index (χ1n) is 10.5. The van der Waals surface area contributed by atoms with E-state index in [0.717, 1.165) is 16.5 Å². The number of carbonyl (C=O) groups excluding carboxylic acids is 3. The molecule has 4 heterocycles. The minimum absolute atomic E-state index is 0.231. The van der Waals surface area contributed by atoms with E-state index in [4.69, 9.17) is 0 Å². The van der Waals surface area contributed by atoms with Gasteiger partial charge in [-0.2, -0.15) is 0 Å². The Morgan fingerprint density at radius 1 is 0.875 bits per heavy atom. The van der Waals surface area contributed by atoms with Gasteiger partial charge in [0.1, 0.15) is 24.0 Å². The summed E-state index contributed by atoms with van der Waals surface area (Å²) < 4.78 is 1.93. The van der Waals surface area contributed by atoms with Crippen molar-refractivity contribution in [1.82, 2.24) is 24.3 Å². The number of carbonyl (C=O) groups is 3. The summed E-state index contributed by atoms with van der Waals surface area (Å²) >= 11 is 0.